The summed E-state index contributed by atoms with van der Waals surface area (Å²) in [6, 6.07) is 0. The molecule has 0 saturated carbocycles. The molecule has 0 amide bonds. The highest BCUT2D eigenvalue weighted by atomic mass is 35.5. The van der Waals surface area contributed by atoms with Crippen molar-refractivity contribution < 1.29 is 21.8 Å². The number of hydrogen-bond acceptors (Lipinski definition) is 5. The van der Waals surface area contributed by atoms with Crippen molar-refractivity contribution in [2.45, 2.75) is 6.92 Å². The maximum absolute atomic E-state index is 11.4. The van der Waals surface area contributed by atoms with Crippen molar-refractivity contribution in [3.05, 3.63) is 10.8 Å². The standard InChI is InChI=1S/C5H9Cl2O5PS/c1-3-14(9)12-13(8,10-2)11-4-5(6)7/h4H,3H2,1-2H3. The van der Waals surface area contributed by atoms with Gasteiger partial charge in [0.25, 0.3) is 0 Å². The first-order chi connectivity index (χ1) is 6.43. The topological polar surface area (TPSA) is 61.8 Å². The van der Waals surface area contributed by atoms with E-state index in [4.69, 9.17) is 23.2 Å². The molecule has 0 aromatic heterocycles. The Kier molecular flexibility index (Phi) is 7.03. The Balaban J connectivity index is 4.41. The van der Waals surface area contributed by atoms with Crippen molar-refractivity contribution in [1.82, 2.24) is 0 Å². The van der Waals surface area contributed by atoms with Crippen molar-refractivity contribution in [1.29, 1.82) is 0 Å². The largest absolute Gasteiger partial charge is 0.542 e. The van der Waals surface area contributed by atoms with E-state index in [1.165, 1.54) is 0 Å². The Morgan fingerprint density at radius 2 is 2.14 bits per heavy atom. The minimum Gasteiger partial charge on any atom is -0.409 e. The second-order valence-electron chi connectivity index (χ2n) is 1.81. The third-order valence-electron chi connectivity index (χ3n) is 0.905. The Morgan fingerprint density at radius 3 is 2.50 bits per heavy atom. The van der Waals surface area contributed by atoms with Crippen LogP contribution >= 0.6 is 31.0 Å². The summed E-state index contributed by atoms with van der Waals surface area (Å²) in [6.45, 7) is 1.58. The fraction of sp³-hybridized carbons (Fsp3) is 0.600. The second kappa shape index (κ2) is 6.82. The highest BCUT2D eigenvalue weighted by Gasteiger charge is 2.28. The van der Waals surface area contributed by atoms with Crippen LogP contribution < -0.4 is 0 Å². The molecule has 0 bridgehead atoms. The molecule has 5 nitrogen and oxygen atoms in total. The summed E-state index contributed by atoms with van der Waals surface area (Å²) in [5.74, 6) is 0.162. The van der Waals surface area contributed by atoms with Gasteiger partial charge in [-0.3, -0.25) is 4.52 Å². The number of rotatable bonds is 6. The lowest BCUT2D eigenvalue weighted by molar-refractivity contribution is 0.237. The van der Waals surface area contributed by atoms with Crippen LogP contribution in [-0.2, 0) is 28.7 Å². The minimum absolute atomic E-state index is 0.162. The molecule has 0 fully saturated rings. The molecule has 2 atom stereocenters. The third kappa shape index (κ3) is 6.01. The number of phosphoric acid groups is 1. The van der Waals surface area contributed by atoms with Gasteiger partial charge in [0.2, 0.25) is 0 Å². The lowest BCUT2D eigenvalue weighted by atomic mass is 11.0. The minimum atomic E-state index is -3.87. The zero-order chi connectivity index (χ0) is 11.2. The Hall–Kier alpha value is 0.420. The van der Waals surface area contributed by atoms with Gasteiger partial charge >= 0.3 is 7.82 Å². The van der Waals surface area contributed by atoms with Crippen LogP contribution in [0.3, 0.4) is 0 Å². The van der Waals surface area contributed by atoms with Gasteiger partial charge in [0.1, 0.15) is 10.8 Å². The van der Waals surface area contributed by atoms with Crippen molar-refractivity contribution >= 4 is 42.1 Å². The van der Waals surface area contributed by atoms with Gasteiger partial charge in [-0.15, -0.1) is 0 Å². The van der Waals surface area contributed by atoms with Gasteiger partial charge in [0.15, 0.2) is 11.1 Å². The molecule has 9 heteroatoms. The average molecular weight is 283 g/mol. The Labute approximate surface area is 94.6 Å². The number of hydrogen-bond donors (Lipinski definition) is 0. The zero-order valence-electron chi connectivity index (χ0n) is 7.44. The van der Waals surface area contributed by atoms with Gasteiger partial charge in [-0.2, -0.15) is 3.97 Å². The van der Waals surface area contributed by atoms with E-state index in [2.05, 4.69) is 13.0 Å². The van der Waals surface area contributed by atoms with Crippen LogP contribution in [0.1, 0.15) is 6.92 Å². The van der Waals surface area contributed by atoms with Crippen LogP contribution in [0.15, 0.2) is 10.8 Å². The molecular formula is C5H9Cl2O5PS. The fourth-order valence-corrected chi connectivity index (χ4v) is 2.50. The van der Waals surface area contributed by atoms with E-state index < -0.39 is 18.9 Å². The predicted octanol–water partition coefficient (Wildman–Crippen LogP) is 2.73. The molecule has 0 aromatic carbocycles. The van der Waals surface area contributed by atoms with Crippen molar-refractivity contribution in [2.75, 3.05) is 12.9 Å². The normalized spacial score (nSPS) is 16.9. The Morgan fingerprint density at radius 1 is 1.57 bits per heavy atom. The predicted molar refractivity (Wildman–Crippen MR) is 55.3 cm³/mol. The lowest BCUT2D eigenvalue weighted by Gasteiger charge is -2.11. The third-order valence-corrected chi connectivity index (χ3v) is 3.76. The quantitative estimate of drug-likeness (QED) is 0.554. The lowest BCUT2D eigenvalue weighted by Crippen LogP contribution is -2.00. The summed E-state index contributed by atoms with van der Waals surface area (Å²) in [5.41, 5.74) is 0. The molecule has 0 N–H and O–H groups in total. The average Bonchev–Trinajstić information content (AvgIpc) is 2.14. The summed E-state index contributed by atoms with van der Waals surface area (Å²) in [6.07, 6.45) is 0.778. The molecule has 0 aliphatic heterocycles. The smallest absolute Gasteiger partial charge is 0.409 e. The number of halogens is 2. The highest BCUT2D eigenvalue weighted by molar-refractivity contribution is 7.84. The zero-order valence-corrected chi connectivity index (χ0v) is 10.7. The fourth-order valence-electron chi connectivity index (χ4n) is 0.350. The monoisotopic (exact) mass is 282 g/mol. The van der Waals surface area contributed by atoms with Crippen LogP contribution in [0.25, 0.3) is 0 Å². The molecule has 0 saturated heterocycles. The van der Waals surface area contributed by atoms with Crippen LogP contribution in [0, 0.1) is 0 Å². The molecule has 84 valence electrons. The van der Waals surface area contributed by atoms with Gasteiger partial charge in [-0.05, 0) is 0 Å². The first-order valence-corrected chi connectivity index (χ1v) is 6.83. The van der Waals surface area contributed by atoms with Gasteiger partial charge in [-0.25, -0.2) is 8.77 Å². The molecule has 0 aliphatic carbocycles. The summed E-state index contributed by atoms with van der Waals surface area (Å²) in [7, 11) is -2.79. The van der Waals surface area contributed by atoms with Crippen LogP contribution in [0.2, 0.25) is 0 Å². The van der Waals surface area contributed by atoms with Crippen LogP contribution in [-0.4, -0.2) is 17.1 Å². The number of phosphoric ester groups is 1. The van der Waals surface area contributed by atoms with Gasteiger partial charge in [-0.1, -0.05) is 30.1 Å². The molecule has 0 aliphatic rings. The summed E-state index contributed by atoms with van der Waals surface area (Å²) in [4.78, 5) is 0. The van der Waals surface area contributed by atoms with Crippen molar-refractivity contribution in [3.8, 4) is 0 Å². The summed E-state index contributed by atoms with van der Waals surface area (Å²) < 4.78 is 35.5. The van der Waals surface area contributed by atoms with Gasteiger partial charge in [0, 0.05) is 12.9 Å². The van der Waals surface area contributed by atoms with Crippen LogP contribution in [0.4, 0.5) is 0 Å². The Bertz CT molecular complexity index is 277. The van der Waals surface area contributed by atoms with E-state index in [1.54, 1.807) is 6.92 Å². The van der Waals surface area contributed by atoms with E-state index in [9.17, 15) is 8.77 Å². The van der Waals surface area contributed by atoms with E-state index in [-0.39, 0.29) is 10.2 Å². The molecule has 0 rings (SSSR count). The van der Waals surface area contributed by atoms with Crippen molar-refractivity contribution in [3.63, 3.8) is 0 Å². The molecular weight excluding hydrogens is 274 g/mol. The van der Waals surface area contributed by atoms with E-state index in [1.807, 2.05) is 0 Å². The summed E-state index contributed by atoms with van der Waals surface area (Å²) in [5, 5.41) is 0. The van der Waals surface area contributed by atoms with E-state index in [0.29, 0.717) is 0 Å². The second-order valence-corrected chi connectivity index (χ2v) is 6.07. The molecule has 0 aromatic rings. The summed E-state index contributed by atoms with van der Waals surface area (Å²) >= 11 is 8.67. The highest BCUT2D eigenvalue weighted by Crippen LogP contribution is 2.50. The van der Waals surface area contributed by atoms with E-state index in [0.717, 1.165) is 13.4 Å². The first-order valence-electron chi connectivity index (χ1n) is 3.37. The first kappa shape index (κ1) is 14.4. The van der Waals surface area contributed by atoms with Crippen LogP contribution in [0.5, 0.6) is 0 Å². The molecule has 0 spiro atoms. The molecule has 0 heterocycles. The van der Waals surface area contributed by atoms with Crippen molar-refractivity contribution in [2.24, 2.45) is 0 Å². The molecule has 14 heavy (non-hydrogen) atoms. The van der Waals surface area contributed by atoms with E-state index >= 15 is 0 Å². The SMILES string of the molecule is CCS(=O)OP(=O)(OC)OC=C(Cl)Cl. The van der Waals surface area contributed by atoms with Gasteiger partial charge < -0.3 is 4.52 Å². The molecule has 0 radical (unpaired) electrons. The maximum atomic E-state index is 11.4. The van der Waals surface area contributed by atoms with Gasteiger partial charge in [0.05, 0.1) is 0 Å². The maximum Gasteiger partial charge on any atom is 0.542 e. The molecule has 2 unspecified atom stereocenters.